The van der Waals surface area contributed by atoms with Crippen molar-refractivity contribution in [1.29, 1.82) is 0 Å². The molecule has 0 aliphatic carbocycles. The van der Waals surface area contributed by atoms with Crippen LogP contribution < -0.4 is 15.0 Å². The molecule has 1 saturated heterocycles. The van der Waals surface area contributed by atoms with Crippen molar-refractivity contribution in [2.75, 3.05) is 23.9 Å². The number of hydrogen-bond acceptors (Lipinski definition) is 5. The first-order chi connectivity index (χ1) is 16.5. The molecule has 2 amide bonds. The van der Waals surface area contributed by atoms with Crippen molar-refractivity contribution in [2.45, 2.75) is 25.4 Å². The smallest absolute Gasteiger partial charge is 0.337 e. The minimum atomic E-state index is -0.947. The predicted octanol–water partition coefficient (Wildman–Crippen LogP) is 4.75. The number of benzene rings is 3. The van der Waals surface area contributed by atoms with Crippen molar-refractivity contribution < 1.29 is 23.9 Å². The minimum absolute atomic E-state index is 0.120. The van der Waals surface area contributed by atoms with Gasteiger partial charge in [-0.25, -0.2) is 4.79 Å². The van der Waals surface area contributed by atoms with Crippen molar-refractivity contribution in [3.8, 4) is 5.75 Å². The van der Waals surface area contributed by atoms with E-state index < -0.39 is 12.1 Å². The summed E-state index contributed by atoms with van der Waals surface area (Å²) in [5.41, 5.74) is 2.40. The molecule has 0 aromatic heterocycles. The Labute approximate surface area is 198 Å². The number of carbonyl (C=O) groups is 3. The normalized spacial score (nSPS) is 14.3. The van der Waals surface area contributed by atoms with Crippen LogP contribution in [0.4, 0.5) is 11.4 Å². The maximum Gasteiger partial charge on any atom is 0.337 e. The van der Waals surface area contributed by atoms with Crippen LogP contribution in [0.5, 0.6) is 5.75 Å². The first-order valence-electron chi connectivity index (χ1n) is 11.2. The van der Waals surface area contributed by atoms with Gasteiger partial charge >= 0.3 is 5.97 Å². The van der Waals surface area contributed by atoms with E-state index in [1.54, 1.807) is 53.4 Å². The van der Waals surface area contributed by atoms with Crippen LogP contribution in [0.2, 0.25) is 0 Å². The molecule has 1 unspecified atom stereocenters. The molecule has 1 aliphatic heterocycles. The standard InChI is InChI=1S/C27H26N2O5/c1-33-27(32)20-10-7-11-23(18-20)34-25(19-8-3-2-4-9-19)26(31)28-21-13-15-22(16-14-21)29-17-6-5-12-24(29)30/h2-4,7-11,13-16,18,25H,5-6,12,17H2,1H3,(H,28,31). The molecule has 7 nitrogen and oxygen atoms in total. The van der Waals surface area contributed by atoms with E-state index in [-0.39, 0.29) is 11.8 Å². The molecule has 34 heavy (non-hydrogen) atoms. The molecule has 1 aliphatic rings. The third-order valence-corrected chi connectivity index (χ3v) is 5.62. The molecular formula is C27H26N2O5. The second-order valence-corrected chi connectivity index (χ2v) is 7.97. The molecule has 1 N–H and O–H groups in total. The summed E-state index contributed by atoms with van der Waals surface area (Å²) in [4.78, 5) is 39.1. The first-order valence-corrected chi connectivity index (χ1v) is 11.2. The number of nitrogens with zero attached hydrogens (tertiary/aromatic N) is 1. The zero-order chi connectivity index (χ0) is 23.9. The van der Waals surface area contributed by atoms with Crippen molar-refractivity contribution >= 4 is 29.2 Å². The molecule has 0 saturated carbocycles. The molecule has 0 radical (unpaired) electrons. The number of esters is 1. The van der Waals surface area contributed by atoms with Crippen LogP contribution in [0.3, 0.4) is 0 Å². The number of anilines is 2. The SMILES string of the molecule is COC(=O)c1cccc(OC(C(=O)Nc2ccc(N3CCCCC3=O)cc2)c2ccccc2)c1. The number of piperidine rings is 1. The van der Waals surface area contributed by atoms with Crippen molar-refractivity contribution in [2.24, 2.45) is 0 Å². The summed E-state index contributed by atoms with van der Waals surface area (Å²) in [6.07, 6.45) is 1.52. The zero-order valence-electron chi connectivity index (χ0n) is 18.9. The molecule has 1 atom stereocenters. The average molecular weight is 459 g/mol. The van der Waals surface area contributed by atoms with Crippen LogP contribution in [-0.2, 0) is 14.3 Å². The fourth-order valence-corrected chi connectivity index (χ4v) is 3.86. The minimum Gasteiger partial charge on any atom is -0.476 e. The Morgan fingerprint density at radius 1 is 0.941 bits per heavy atom. The highest BCUT2D eigenvalue weighted by atomic mass is 16.5. The van der Waals surface area contributed by atoms with Crippen molar-refractivity contribution in [3.63, 3.8) is 0 Å². The Morgan fingerprint density at radius 2 is 1.71 bits per heavy atom. The number of methoxy groups -OCH3 is 1. The first kappa shape index (κ1) is 23.0. The van der Waals surface area contributed by atoms with E-state index in [4.69, 9.17) is 9.47 Å². The molecule has 1 fully saturated rings. The lowest BCUT2D eigenvalue weighted by atomic mass is 10.1. The van der Waals surface area contributed by atoms with Gasteiger partial charge in [0.1, 0.15) is 5.75 Å². The van der Waals surface area contributed by atoms with Crippen LogP contribution in [-0.4, -0.2) is 31.4 Å². The van der Waals surface area contributed by atoms with E-state index in [9.17, 15) is 14.4 Å². The van der Waals surface area contributed by atoms with Crippen LogP contribution in [0.15, 0.2) is 78.9 Å². The Kier molecular flexibility index (Phi) is 7.22. The Balaban J connectivity index is 1.52. The molecule has 3 aromatic rings. The summed E-state index contributed by atoms with van der Waals surface area (Å²) in [6.45, 7) is 0.707. The highest BCUT2D eigenvalue weighted by Crippen LogP contribution is 2.26. The van der Waals surface area contributed by atoms with E-state index in [1.165, 1.54) is 7.11 Å². The molecule has 4 rings (SSSR count). The summed E-state index contributed by atoms with van der Waals surface area (Å²) in [5.74, 6) is -0.365. The summed E-state index contributed by atoms with van der Waals surface area (Å²) >= 11 is 0. The summed E-state index contributed by atoms with van der Waals surface area (Å²) in [6, 6.07) is 22.8. The fraction of sp³-hybridized carbons (Fsp3) is 0.222. The van der Waals surface area contributed by atoms with Gasteiger partial charge in [-0.05, 0) is 55.3 Å². The number of carbonyl (C=O) groups excluding carboxylic acids is 3. The topological polar surface area (TPSA) is 84.9 Å². The largest absolute Gasteiger partial charge is 0.476 e. The van der Waals surface area contributed by atoms with E-state index in [2.05, 4.69) is 5.32 Å². The third kappa shape index (κ3) is 5.43. The zero-order valence-corrected chi connectivity index (χ0v) is 18.9. The maximum atomic E-state index is 13.2. The van der Waals surface area contributed by atoms with Crippen molar-refractivity contribution in [3.05, 3.63) is 90.0 Å². The number of amides is 2. The molecule has 174 valence electrons. The van der Waals surface area contributed by atoms with E-state index in [0.29, 0.717) is 35.5 Å². The highest BCUT2D eigenvalue weighted by Gasteiger charge is 2.24. The van der Waals surface area contributed by atoms with E-state index >= 15 is 0 Å². The van der Waals surface area contributed by atoms with E-state index in [1.807, 2.05) is 30.3 Å². The van der Waals surface area contributed by atoms with Crippen molar-refractivity contribution in [1.82, 2.24) is 0 Å². The maximum absolute atomic E-state index is 13.2. The van der Waals surface area contributed by atoms with Gasteiger partial charge in [-0.3, -0.25) is 9.59 Å². The quantitative estimate of drug-likeness (QED) is 0.517. The van der Waals surface area contributed by atoms with Gasteiger partial charge in [0.15, 0.2) is 0 Å². The molecular weight excluding hydrogens is 432 g/mol. The van der Waals surface area contributed by atoms with Gasteiger partial charge < -0.3 is 19.7 Å². The molecule has 0 spiro atoms. The summed E-state index contributed by atoms with van der Waals surface area (Å²) in [5, 5.41) is 2.89. The second kappa shape index (κ2) is 10.7. The third-order valence-electron chi connectivity index (χ3n) is 5.62. The highest BCUT2D eigenvalue weighted by molar-refractivity contribution is 5.97. The van der Waals surface area contributed by atoms with Crippen LogP contribution in [0.1, 0.15) is 41.3 Å². The van der Waals surface area contributed by atoms with Gasteiger partial charge in [-0.15, -0.1) is 0 Å². The number of nitrogens with one attached hydrogen (secondary N) is 1. The lowest BCUT2D eigenvalue weighted by Gasteiger charge is -2.27. The second-order valence-electron chi connectivity index (χ2n) is 7.97. The Morgan fingerprint density at radius 3 is 2.41 bits per heavy atom. The van der Waals surface area contributed by atoms with E-state index in [0.717, 1.165) is 18.5 Å². The lowest BCUT2D eigenvalue weighted by molar-refractivity contribution is -0.123. The number of rotatable bonds is 7. The molecule has 3 aromatic carbocycles. The number of hydrogen-bond donors (Lipinski definition) is 1. The fourth-order valence-electron chi connectivity index (χ4n) is 3.86. The van der Waals surface area contributed by atoms with Gasteiger partial charge in [0.2, 0.25) is 12.0 Å². The van der Waals surface area contributed by atoms with Gasteiger partial charge in [0.05, 0.1) is 12.7 Å². The Hall–Kier alpha value is -4.13. The van der Waals surface area contributed by atoms with Crippen LogP contribution in [0, 0.1) is 0 Å². The lowest BCUT2D eigenvalue weighted by Crippen LogP contribution is -2.35. The van der Waals surface area contributed by atoms with Crippen LogP contribution in [0.25, 0.3) is 0 Å². The molecule has 0 bridgehead atoms. The summed E-state index contributed by atoms with van der Waals surface area (Å²) < 4.78 is 10.8. The van der Waals surface area contributed by atoms with Crippen LogP contribution >= 0.6 is 0 Å². The monoisotopic (exact) mass is 458 g/mol. The van der Waals surface area contributed by atoms with Gasteiger partial charge in [0, 0.05) is 29.9 Å². The van der Waals surface area contributed by atoms with Gasteiger partial charge in [-0.1, -0.05) is 36.4 Å². The molecule has 1 heterocycles. The predicted molar refractivity (Wildman–Crippen MR) is 129 cm³/mol. The van der Waals surface area contributed by atoms with Gasteiger partial charge in [-0.2, -0.15) is 0 Å². The average Bonchev–Trinajstić information content (AvgIpc) is 2.88. The number of ether oxygens (including phenoxy) is 2. The Bertz CT molecular complexity index is 1160. The molecule has 7 heteroatoms. The summed E-state index contributed by atoms with van der Waals surface area (Å²) in [7, 11) is 1.31. The van der Waals surface area contributed by atoms with Gasteiger partial charge in [0.25, 0.3) is 5.91 Å².